The van der Waals surface area contributed by atoms with E-state index in [2.05, 4.69) is 5.32 Å². The zero-order valence-electron chi connectivity index (χ0n) is 9.23. The van der Waals surface area contributed by atoms with Gasteiger partial charge < -0.3 is 15.2 Å². The molecule has 1 aromatic rings. The van der Waals surface area contributed by atoms with Crippen LogP contribution in [0.25, 0.3) is 0 Å². The molecule has 0 aliphatic carbocycles. The Labute approximate surface area is 105 Å². The second-order valence-corrected chi connectivity index (χ2v) is 4.47. The van der Waals surface area contributed by atoms with Gasteiger partial charge in [-0.3, -0.25) is 0 Å². The summed E-state index contributed by atoms with van der Waals surface area (Å²) in [7, 11) is 0. The molecule has 92 valence electrons. The molecule has 1 saturated heterocycles. The Morgan fingerprint density at radius 1 is 1.53 bits per heavy atom. The number of nitrogens with one attached hydrogen (secondary N) is 1. The molecule has 1 fully saturated rings. The molecule has 0 bridgehead atoms. The molecular weight excluding hydrogens is 242 g/mol. The van der Waals surface area contributed by atoms with E-state index in [0.29, 0.717) is 23.9 Å². The van der Waals surface area contributed by atoms with Crippen molar-refractivity contribution in [1.82, 2.24) is 0 Å². The third-order valence-corrected chi connectivity index (χ3v) is 3.22. The van der Waals surface area contributed by atoms with Gasteiger partial charge >= 0.3 is 5.97 Å². The van der Waals surface area contributed by atoms with E-state index in [1.807, 2.05) is 12.1 Å². The molecule has 2 N–H and O–H groups in total. The Kier molecular flexibility index (Phi) is 3.86. The number of hydrogen-bond acceptors (Lipinski definition) is 3. The number of carboxylic acid groups (broad SMARTS) is 1. The lowest BCUT2D eigenvalue weighted by Gasteiger charge is -2.21. The highest BCUT2D eigenvalue weighted by atomic mass is 35.5. The molecule has 2 unspecified atom stereocenters. The van der Waals surface area contributed by atoms with Crippen molar-refractivity contribution in [3.63, 3.8) is 0 Å². The van der Waals surface area contributed by atoms with E-state index in [0.717, 1.165) is 6.42 Å². The fourth-order valence-electron chi connectivity index (χ4n) is 1.94. The summed E-state index contributed by atoms with van der Waals surface area (Å²) in [5.41, 5.74) is 0.647. The van der Waals surface area contributed by atoms with Crippen molar-refractivity contribution in [2.45, 2.75) is 12.5 Å². The van der Waals surface area contributed by atoms with Crippen molar-refractivity contribution in [2.75, 3.05) is 18.5 Å². The number of para-hydroxylation sites is 1. The molecule has 1 heterocycles. The van der Waals surface area contributed by atoms with Crippen LogP contribution in [0, 0.1) is 5.92 Å². The monoisotopic (exact) mass is 255 g/mol. The minimum atomic E-state index is -0.875. The van der Waals surface area contributed by atoms with Crippen molar-refractivity contribution < 1.29 is 14.6 Å². The zero-order chi connectivity index (χ0) is 12.3. The lowest BCUT2D eigenvalue weighted by molar-refractivity contribution is -0.139. The number of carboxylic acids is 1. The zero-order valence-corrected chi connectivity index (χ0v) is 9.98. The Balaban J connectivity index is 2.12. The summed E-state index contributed by atoms with van der Waals surface area (Å²) in [4.78, 5) is 11.2. The largest absolute Gasteiger partial charge is 0.480 e. The van der Waals surface area contributed by atoms with Gasteiger partial charge in [-0.2, -0.15) is 0 Å². The molecule has 1 aliphatic heterocycles. The Morgan fingerprint density at radius 2 is 2.29 bits per heavy atom. The summed E-state index contributed by atoms with van der Waals surface area (Å²) in [6.45, 7) is 1.10. The molecule has 2 atom stereocenters. The first-order chi connectivity index (χ1) is 8.18. The van der Waals surface area contributed by atoms with Crippen LogP contribution in [0.4, 0.5) is 5.69 Å². The van der Waals surface area contributed by atoms with Gasteiger partial charge in [-0.05, 0) is 18.6 Å². The van der Waals surface area contributed by atoms with E-state index >= 15 is 0 Å². The number of anilines is 1. The van der Waals surface area contributed by atoms with Crippen LogP contribution < -0.4 is 5.32 Å². The fourth-order valence-corrected chi connectivity index (χ4v) is 2.13. The summed E-state index contributed by atoms with van der Waals surface area (Å²) < 4.78 is 5.22. The van der Waals surface area contributed by atoms with Crippen LogP contribution in [0.1, 0.15) is 6.42 Å². The highest BCUT2D eigenvalue weighted by Gasteiger charge is 2.31. The smallest absolute Gasteiger partial charge is 0.326 e. The third kappa shape index (κ3) is 2.90. The number of carbonyl (C=O) groups is 1. The van der Waals surface area contributed by atoms with Gasteiger partial charge in [-0.15, -0.1) is 0 Å². The topological polar surface area (TPSA) is 58.6 Å². The van der Waals surface area contributed by atoms with Crippen molar-refractivity contribution >= 4 is 23.3 Å². The number of halogens is 1. The molecule has 5 heteroatoms. The standard InChI is InChI=1S/C12H14ClNO3/c13-9-3-1-2-4-10(9)14-11(12(15)16)8-5-6-17-7-8/h1-4,8,11,14H,5-7H2,(H,15,16). The van der Waals surface area contributed by atoms with E-state index in [4.69, 9.17) is 16.3 Å². The second kappa shape index (κ2) is 5.38. The predicted molar refractivity (Wildman–Crippen MR) is 65.4 cm³/mol. The van der Waals surface area contributed by atoms with Crippen LogP contribution in [-0.2, 0) is 9.53 Å². The lowest BCUT2D eigenvalue weighted by atomic mass is 9.99. The molecule has 4 nitrogen and oxygen atoms in total. The molecule has 17 heavy (non-hydrogen) atoms. The van der Waals surface area contributed by atoms with Crippen LogP contribution >= 0.6 is 11.6 Å². The summed E-state index contributed by atoms with van der Waals surface area (Å²) in [5, 5.41) is 12.7. The Hall–Kier alpha value is -1.26. The number of aliphatic carboxylic acids is 1. The average molecular weight is 256 g/mol. The first-order valence-electron chi connectivity index (χ1n) is 5.50. The molecule has 0 radical (unpaired) electrons. The highest BCUT2D eigenvalue weighted by molar-refractivity contribution is 6.33. The van der Waals surface area contributed by atoms with Crippen molar-refractivity contribution in [3.8, 4) is 0 Å². The summed E-state index contributed by atoms with van der Waals surface area (Å²) in [5.74, 6) is -0.885. The van der Waals surface area contributed by atoms with E-state index < -0.39 is 12.0 Å². The lowest BCUT2D eigenvalue weighted by Crippen LogP contribution is -2.37. The molecule has 1 aliphatic rings. The number of ether oxygens (including phenoxy) is 1. The van der Waals surface area contributed by atoms with Gasteiger partial charge in [0.2, 0.25) is 0 Å². The second-order valence-electron chi connectivity index (χ2n) is 4.06. The summed E-state index contributed by atoms with van der Waals surface area (Å²) in [6, 6.07) is 6.47. The van der Waals surface area contributed by atoms with Gasteiger partial charge in [0.1, 0.15) is 6.04 Å². The van der Waals surface area contributed by atoms with E-state index in [1.54, 1.807) is 12.1 Å². The summed E-state index contributed by atoms with van der Waals surface area (Å²) >= 11 is 5.99. The maximum absolute atomic E-state index is 11.2. The van der Waals surface area contributed by atoms with Crippen LogP contribution in [0.5, 0.6) is 0 Å². The Morgan fingerprint density at radius 3 is 2.88 bits per heavy atom. The van der Waals surface area contributed by atoms with Crippen molar-refractivity contribution in [1.29, 1.82) is 0 Å². The van der Waals surface area contributed by atoms with Crippen LogP contribution in [0.3, 0.4) is 0 Å². The normalized spacial score (nSPS) is 21.1. The van der Waals surface area contributed by atoms with Gasteiger partial charge in [-0.25, -0.2) is 4.79 Å². The molecule has 2 rings (SSSR count). The highest BCUT2D eigenvalue weighted by Crippen LogP contribution is 2.25. The maximum atomic E-state index is 11.2. The first-order valence-corrected chi connectivity index (χ1v) is 5.88. The Bertz CT molecular complexity index is 404. The quantitative estimate of drug-likeness (QED) is 0.866. The van der Waals surface area contributed by atoms with Gasteiger partial charge in [0.15, 0.2) is 0 Å². The third-order valence-electron chi connectivity index (χ3n) is 2.89. The van der Waals surface area contributed by atoms with Gasteiger partial charge in [0.05, 0.1) is 17.3 Å². The van der Waals surface area contributed by atoms with E-state index in [-0.39, 0.29) is 5.92 Å². The SMILES string of the molecule is O=C(O)C(Nc1ccccc1Cl)C1CCOC1. The van der Waals surface area contributed by atoms with E-state index in [9.17, 15) is 9.90 Å². The van der Waals surface area contributed by atoms with Crippen molar-refractivity contribution in [2.24, 2.45) is 5.92 Å². The van der Waals surface area contributed by atoms with Gasteiger partial charge in [0, 0.05) is 12.5 Å². The fraction of sp³-hybridized carbons (Fsp3) is 0.417. The molecule has 0 amide bonds. The molecule has 0 spiro atoms. The first kappa shape index (κ1) is 12.2. The van der Waals surface area contributed by atoms with Gasteiger partial charge in [-0.1, -0.05) is 23.7 Å². The summed E-state index contributed by atoms with van der Waals surface area (Å²) in [6.07, 6.45) is 0.758. The molecule has 1 aromatic carbocycles. The number of benzene rings is 1. The molecular formula is C12H14ClNO3. The number of hydrogen-bond donors (Lipinski definition) is 2. The predicted octanol–water partition coefficient (Wildman–Crippen LogP) is 2.24. The van der Waals surface area contributed by atoms with Crippen LogP contribution in [0.2, 0.25) is 5.02 Å². The van der Waals surface area contributed by atoms with E-state index in [1.165, 1.54) is 0 Å². The number of rotatable bonds is 4. The maximum Gasteiger partial charge on any atom is 0.326 e. The molecule has 0 saturated carbocycles. The van der Waals surface area contributed by atoms with Gasteiger partial charge in [0.25, 0.3) is 0 Å². The minimum Gasteiger partial charge on any atom is -0.480 e. The minimum absolute atomic E-state index is 0.0104. The van der Waals surface area contributed by atoms with Crippen molar-refractivity contribution in [3.05, 3.63) is 29.3 Å². The average Bonchev–Trinajstić information content (AvgIpc) is 2.81. The van der Waals surface area contributed by atoms with Crippen LogP contribution in [0.15, 0.2) is 24.3 Å². The molecule has 0 aromatic heterocycles. The van der Waals surface area contributed by atoms with Crippen LogP contribution in [-0.4, -0.2) is 30.3 Å².